The number of carboxylic acids is 1. The molecule has 1 aromatic carbocycles. The van der Waals surface area contributed by atoms with E-state index in [0.29, 0.717) is 31.2 Å². The molecule has 0 saturated heterocycles. The minimum Gasteiger partial charge on any atom is -0.481 e. The van der Waals surface area contributed by atoms with E-state index in [4.69, 9.17) is 5.11 Å². The van der Waals surface area contributed by atoms with Crippen molar-refractivity contribution >= 4 is 11.9 Å². The summed E-state index contributed by atoms with van der Waals surface area (Å²) in [5.74, 6) is -1.19. The van der Waals surface area contributed by atoms with Gasteiger partial charge in [0.05, 0.1) is 11.6 Å². The summed E-state index contributed by atoms with van der Waals surface area (Å²) < 4.78 is 38.4. The minimum absolute atomic E-state index is 0.000698. The lowest BCUT2D eigenvalue weighted by Crippen LogP contribution is -2.28. The van der Waals surface area contributed by atoms with E-state index in [0.717, 1.165) is 12.1 Å². The van der Waals surface area contributed by atoms with E-state index in [1.807, 2.05) is 6.92 Å². The maximum Gasteiger partial charge on any atom is 0.416 e. The molecule has 0 radical (unpaired) electrons. The van der Waals surface area contributed by atoms with Crippen LogP contribution in [0.1, 0.15) is 62.6 Å². The molecular formula is C17H22F3NO3. The smallest absolute Gasteiger partial charge is 0.416 e. The van der Waals surface area contributed by atoms with Gasteiger partial charge in [-0.05, 0) is 37.0 Å². The third-order valence-electron chi connectivity index (χ3n) is 3.57. The van der Waals surface area contributed by atoms with Crippen LogP contribution < -0.4 is 5.32 Å². The van der Waals surface area contributed by atoms with Crippen molar-refractivity contribution < 1.29 is 27.9 Å². The number of benzene rings is 1. The quantitative estimate of drug-likeness (QED) is 0.656. The molecule has 0 aliphatic heterocycles. The van der Waals surface area contributed by atoms with Crippen molar-refractivity contribution in [2.24, 2.45) is 0 Å². The Kier molecular flexibility index (Phi) is 7.74. The number of hydrogen-bond acceptors (Lipinski definition) is 2. The molecule has 1 atom stereocenters. The standard InChI is InChI=1S/C17H22F3NO3/c1-2-6-14(21-15(22)9-3-4-10-16(23)24)12-7-5-8-13(11-12)17(18,19)20/h5,7-8,11,14H,2-4,6,9-10H2,1H3,(H,21,22)(H,23,24). The van der Waals surface area contributed by atoms with Crippen molar-refractivity contribution in [1.29, 1.82) is 0 Å². The number of amides is 1. The van der Waals surface area contributed by atoms with Crippen molar-refractivity contribution in [2.75, 3.05) is 0 Å². The van der Waals surface area contributed by atoms with Gasteiger partial charge in [0, 0.05) is 12.8 Å². The van der Waals surface area contributed by atoms with Crippen LogP contribution in [0.15, 0.2) is 24.3 Å². The van der Waals surface area contributed by atoms with Gasteiger partial charge < -0.3 is 10.4 Å². The molecule has 2 N–H and O–H groups in total. The Morgan fingerprint density at radius 3 is 2.46 bits per heavy atom. The fourth-order valence-electron chi connectivity index (χ4n) is 2.37. The van der Waals surface area contributed by atoms with Gasteiger partial charge in [-0.3, -0.25) is 9.59 Å². The molecule has 0 spiro atoms. The average Bonchev–Trinajstić information content (AvgIpc) is 2.50. The van der Waals surface area contributed by atoms with Crippen molar-refractivity contribution in [3.8, 4) is 0 Å². The van der Waals surface area contributed by atoms with Crippen LogP contribution in [0.25, 0.3) is 0 Å². The molecule has 0 saturated carbocycles. The topological polar surface area (TPSA) is 66.4 Å². The van der Waals surface area contributed by atoms with Crippen LogP contribution in [0.3, 0.4) is 0 Å². The molecule has 0 aromatic heterocycles. The van der Waals surface area contributed by atoms with Gasteiger partial charge in [-0.2, -0.15) is 13.2 Å². The molecule has 1 rings (SSSR count). The first-order valence-corrected chi connectivity index (χ1v) is 7.92. The van der Waals surface area contributed by atoms with Crippen LogP contribution in [-0.4, -0.2) is 17.0 Å². The number of carbonyl (C=O) groups excluding carboxylic acids is 1. The van der Waals surface area contributed by atoms with E-state index >= 15 is 0 Å². The molecule has 0 fully saturated rings. The normalized spacial score (nSPS) is 12.7. The highest BCUT2D eigenvalue weighted by atomic mass is 19.4. The number of aliphatic carboxylic acids is 1. The number of halogens is 3. The highest BCUT2D eigenvalue weighted by Crippen LogP contribution is 2.31. The predicted octanol–water partition coefficient (Wildman–Crippen LogP) is 4.31. The first kappa shape index (κ1) is 20.0. The molecular weight excluding hydrogens is 323 g/mol. The molecule has 0 aliphatic rings. The molecule has 7 heteroatoms. The monoisotopic (exact) mass is 345 g/mol. The first-order chi connectivity index (χ1) is 11.2. The second kappa shape index (κ2) is 9.30. The zero-order chi connectivity index (χ0) is 18.2. The van der Waals surface area contributed by atoms with E-state index < -0.39 is 23.8 Å². The SMILES string of the molecule is CCCC(NC(=O)CCCCC(=O)O)c1cccc(C(F)(F)F)c1. The van der Waals surface area contributed by atoms with Gasteiger partial charge in [0.1, 0.15) is 0 Å². The Bertz CT molecular complexity index is 558. The van der Waals surface area contributed by atoms with Crippen molar-refractivity contribution in [3.05, 3.63) is 35.4 Å². The second-order valence-corrected chi connectivity index (χ2v) is 5.63. The van der Waals surface area contributed by atoms with Crippen LogP contribution in [-0.2, 0) is 15.8 Å². The number of alkyl halides is 3. The molecule has 0 bridgehead atoms. The van der Waals surface area contributed by atoms with E-state index in [1.54, 1.807) is 6.07 Å². The zero-order valence-electron chi connectivity index (χ0n) is 13.5. The van der Waals surface area contributed by atoms with Gasteiger partial charge in [-0.15, -0.1) is 0 Å². The summed E-state index contributed by atoms with van der Waals surface area (Å²) in [6, 6.07) is 4.48. The molecule has 1 aromatic rings. The summed E-state index contributed by atoms with van der Waals surface area (Å²) in [6.45, 7) is 1.89. The summed E-state index contributed by atoms with van der Waals surface area (Å²) in [5.41, 5.74) is -0.317. The zero-order valence-corrected chi connectivity index (χ0v) is 13.5. The molecule has 0 heterocycles. The van der Waals surface area contributed by atoms with Gasteiger partial charge in [-0.25, -0.2) is 0 Å². The highest BCUT2D eigenvalue weighted by molar-refractivity contribution is 5.76. The van der Waals surface area contributed by atoms with Gasteiger partial charge in [0.25, 0.3) is 0 Å². The number of rotatable bonds is 9. The fraction of sp³-hybridized carbons (Fsp3) is 0.529. The van der Waals surface area contributed by atoms with Crippen molar-refractivity contribution in [2.45, 2.75) is 57.7 Å². The largest absolute Gasteiger partial charge is 0.481 e. The van der Waals surface area contributed by atoms with E-state index in [-0.39, 0.29) is 18.7 Å². The second-order valence-electron chi connectivity index (χ2n) is 5.63. The summed E-state index contributed by atoms with van der Waals surface area (Å²) in [7, 11) is 0. The Morgan fingerprint density at radius 1 is 1.21 bits per heavy atom. The van der Waals surface area contributed by atoms with Gasteiger partial charge in [0.2, 0.25) is 5.91 Å². The van der Waals surface area contributed by atoms with Crippen LogP contribution in [0.4, 0.5) is 13.2 Å². The summed E-state index contributed by atoms with van der Waals surface area (Å²) in [6.07, 6.45) is -2.20. The first-order valence-electron chi connectivity index (χ1n) is 7.92. The van der Waals surface area contributed by atoms with E-state index in [1.165, 1.54) is 6.07 Å². The van der Waals surface area contributed by atoms with Crippen molar-refractivity contribution in [3.63, 3.8) is 0 Å². The number of carboxylic acid groups (broad SMARTS) is 1. The van der Waals surface area contributed by atoms with Gasteiger partial charge in [0.15, 0.2) is 0 Å². The Morgan fingerprint density at radius 2 is 1.88 bits per heavy atom. The van der Waals surface area contributed by atoms with Crippen molar-refractivity contribution in [1.82, 2.24) is 5.32 Å². The molecule has 0 aliphatic carbocycles. The number of hydrogen-bond donors (Lipinski definition) is 2. The molecule has 4 nitrogen and oxygen atoms in total. The van der Waals surface area contributed by atoms with Crippen LogP contribution >= 0.6 is 0 Å². The Labute approximate surface area is 139 Å². The maximum absolute atomic E-state index is 12.8. The summed E-state index contributed by atoms with van der Waals surface area (Å²) in [5, 5.41) is 11.3. The third kappa shape index (κ3) is 7.02. The Balaban J connectivity index is 2.70. The number of unbranched alkanes of at least 4 members (excludes halogenated alkanes) is 1. The summed E-state index contributed by atoms with van der Waals surface area (Å²) in [4.78, 5) is 22.4. The average molecular weight is 345 g/mol. The lowest BCUT2D eigenvalue weighted by molar-refractivity contribution is -0.138. The van der Waals surface area contributed by atoms with Crippen LogP contribution in [0, 0.1) is 0 Å². The van der Waals surface area contributed by atoms with E-state index in [2.05, 4.69) is 5.32 Å². The highest BCUT2D eigenvalue weighted by Gasteiger charge is 2.31. The third-order valence-corrected chi connectivity index (χ3v) is 3.57. The van der Waals surface area contributed by atoms with Gasteiger partial charge in [-0.1, -0.05) is 25.5 Å². The fourth-order valence-corrected chi connectivity index (χ4v) is 2.37. The predicted molar refractivity (Wildman–Crippen MR) is 83.3 cm³/mol. The van der Waals surface area contributed by atoms with Crippen LogP contribution in [0.2, 0.25) is 0 Å². The Hall–Kier alpha value is -2.05. The molecule has 24 heavy (non-hydrogen) atoms. The maximum atomic E-state index is 12.8. The minimum atomic E-state index is -4.42. The number of nitrogens with one attached hydrogen (secondary N) is 1. The van der Waals surface area contributed by atoms with Crippen LogP contribution in [0.5, 0.6) is 0 Å². The molecule has 134 valence electrons. The number of carbonyl (C=O) groups is 2. The van der Waals surface area contributed by atoms with Gasteiger partial charge >= 0.3 is 12.1 Å². The molecule has 1 amide bonds. The summed E-state index contributed by atoms with van der Waals surface area (Å²) >= 11 is 0. The lowest BCUT2D eigenvalue weighted by Gasteiger charge is -2.20. The van der Waals surface area contributed by atoms with E-state index in [9.17, 15) is 22.8 Å². The molecule has 1 unspecified atom stereocenters. The lowest BCUT2D eigenvalue weighted by atomic mass is 9.99.